The molecule has 0 saturated carbocycles. The van der Waals surface area contributed by atoms with Crippen LogP contribution < -0.4 is 104 Å². The number of H-pyrrole nitrogens is 2. The van der Waals surface area contributed by atoms with Gasteiger partial charge in [0.15, 0.2) is 5.96 Å². The maximum absolute atomic E-state index is 14.7. The molecule has 38 nitrogen and oxygen atoms in total. The lowest BCUT2D eigenvalue weighted by Gasteiger charge is -2.30. The Kier molecular flexibility index (Phi) is 37.7. The number of aliphatic imine (C=N–C) groups is 1. The minimum atomic E-state index is -1.77. The lowest BCUT2D eigenvalue weighted by Crippen LogP contribution is -2.62. The Balaban J connectivity index is 1.54. The van der Waals surface area contributed by atoms with Crippen molar-refractivity contribution in [1.82, 2.24) is 73.8 Å². The molecule has 0 radical (unpaired) electrons. The first-order valence-corrected chi connectivity index (χ1v) is 36.7. The molecule has 0 saturated heterocycles. The van der Waals surface area contributed by atoms with Crippen molar-refractivity contribution in [3.05, 3.63) is 72.1 Å². The summed E-state index contributed by atoms with van der Waals surface area (Å²) in [6.45, 7) is 11.6. The lowest BCUT2D eigenvalue weighted by molar-refractivity contribution is -0.137. The number of carbonyl (C=O) groups is 15. The van der Waals surface area contributed by atoms with Gasteiger partial charge < -0.3 is 119 Å². The number of aromatic amines is 2. The van der Waals surface area contributed by atoms with E-state index in [2.05, 4.69) is 78.8 Å². The second kappa shape index (κ2) is 45.5. The molecule has 29 N–H and O–H groups in total. The highest BCUT2D eigenvalue weighted by atomic mass is 16.3. The van der Waals surface area contributed by atoms with Crippen molar-refractivity contribution in [2.45, 2.75) is 211 Å². The highest BCUT2D eigenvalue weighted by Crippen LogP contribution is 2.22. The van der Waals surface area contributed by atoms with Crippen LogP contribution in [-0.4, -0.2) is 208 Å². The van der Waals surface area contributed by atoms with Crippen LogP contribution in [0.1, 0.15) is 137 Å². The summed E-state index contributed by atoms with van der Waals surface area (Å²) in [5.41, 5.74) is 41.5. The summed E-state index contributed by atoms with van der Waals surface area (Å²) in [7, 11) is 0. The first kappa shape index (κ1) is 91.1. The number of fused-ring (bicyclic) bond motifs is 2. The molecule has 15 amide bonds. The molecule has 0 bridgehead atoms. The Hall–Kier alpha value is -11.3. The zero-order chi connectivity index (χ0) is 82.1. The third-order valence-electron chi connectivity index (χ3n) is 18.2. The predicted molar refractivity (Wildman–Crippen MR) is 407 cm³/mol. The van der Waals surface area contributed by atoms with Gasteiger partial charge in [-0.05, 0) is 112 Å². The summed E-state index contributed by atoms with van der Waals surface area (Å²) in [5.74, 6) is -15.8. The maximum atomic E-state index is 14.7. The number of primary amides is 3. The fraction of sp³-hybridized carbons (Fsp3) is 0.556. The average molecular weight is 1540 g/mol. The van der Waals surface area contributed by atoms with Crippen LogP contribution in [0.4, 0.5) is 0 Å². The monoisotopic (exact) mass is 1540 g/mol. The Labute approximate surface area is 637 Å². The molecular weight excluding hydrogens is 1430 g/mol. The predicted octanol–water partition coefficient (Wildman–Crippen LogP) is -4.81. The number of para-hydroxylation sites is 2. The molecule has 2 aromatic carbocycles. The van der Waals surface area contributed by atoms with Gasteiger partial charge in [-0.1, -0.05) is 84.4 Å². The number of nitrogens with two attached hydrogens (primary N) is 7. The van der Waals surface area contributed by atoms with E-state index in [1.807, 2.05) is 18.2 Å². The molecule has 13 atom stereocenters. The Bertz CT molecular complexity index is 3870. The highest BCUT2D eigenvalue weighted by Gasteiger charge is 2.39. The van der Waals surface area contributed by atoms with E-state index in [1.165, 1.54) is 13.8 Å². The third-order valence-corrected chi connectivity index (χ3v) is 18.2. The van der Waals surface area contributed by atoms with Gasteiger partial charge in [-0.25, -0.2) is 0 Å². The zero-order valence-electron chi connectivity index (χ0n) is 63.5. The van der Waals surface area contributed by atoms with Gasteiger partial charge in [0.05, 0.1) is 19.1 Å². The molecule has 4 rings (SSSR count). The number of aliphatic hydroxyl groups is 1. The maximum Gasteiger partial charge on any atom is 0.245 e. The Morgan fingerprint density at radius 1 is 0.445 bits per heavy atom. The van der Waals surface area contributed by atoms with Crippen molar-refractivity contribution in [1.29, 1.82) is 0 Å². The van der Waals surface area contributed by atoms with Crippen LogP contribution in [0.25, 0.3) is 21.8 Å². The molecule has 38 heteroatoms. The van der Waals surface area contributed by atoms with Gasteiger partial charge in [0, 0.05) is 66.9 Å². The topological polar surface area (TPSA) is 647 Å². The number of hydrogen-bond acceptors (Lipinski definition) is 19. The molecule has 0 fully saturated rings. The van der Waals surface area contributed by atoms with E-state index >= 15 is 0 Å². The fourth-order valence-electron chi connectivity index (χ4n) is 11.9. The minimum absolute atomic E-state index is 0.0204. The normalized spacial score (nSPS) is 14.8. The van der Waals surface area contributed by atoms with Crippen LogP contribution >= 0.6 is 0 Å². The molecular formula is C72H112N22O16. The summed E-state index contributed by atoms with van der Waals surface area (Å²) in [5, 5.41) is 43.0. The summed E-state index contributed by atoms with van der Waals surface area (Å²) in [6.07, 6.45) is 1.25. The third kappa shape index (κ3) is 29.7. The molecule has 2 heterocycles. The molecule has 2 aromatic heterocycles. The first-order chi connectivity index (χ1) is 52.0. The number of nitrogens with zero attached hydrogens (tertiary/aromatic N) is 1. The van der Waals surface area contributed by atoms with Gasteiger partial charge in [0.1, 0.15) is 66.5 Å². The quantitative estimate of drug-likeness (QED) is 0.0112. The van der Waals surface area contributed by atoms with Crippen LogP contribution in [0, 0.1) is 17.8 Å². The van der Waals surface area contributed by atoms with E-state index in [1.54, 1.807) is 84.3 Å². The molecule has 4 aromatic rings. The Morgan fingerprint density at radius 2 is 0.864 bits per heavy atom. The summed E-state index contributed by atoms with van der Waals surface area (Å²) in [6, 6.07) is -1.69. The Morgan fingerprint density at radius 3 is 1.33 bits per heavy atom. The van der Waals surface area contributed by atoms with E-state index in [0.717, 1.165) is 10.9 Å². The van der Waals surface area contributed by atoms with Gasteiger partial charge >= 0.3 is 0 Å². The van der Waals surface area contributed by atoms with Crippen LogP contribution in [0.5, 0.6) is 0 Å². The van der Waals surface area contributed by atoms with Gasteiger partial charge in [0.25, 0.3) is 0 Å². The molecule has 110 heavy (non-hydrogen) atoms. The molecule has 0 aliphatic carbocycles. The van der Waals surface area contributed by atoms with E-state index in [4.69, 9.17) is 40.1 Å². The second-order valence-corrected chi connectivity index (χ2v) is 27.8. The number of amides is 15. The minimum Gasteiger partial charge on any atom is -0.391 e. The number of aromatic nitrogens is 2. The molecule has 0 unspecified atom stereocenters. The number of aliphatic hydroxyl groups excluding tert-OH is 1. The van der Waals surface area contributed by atoms with Gasteiger partial charge in [-0.2, -0.15) is 0 Å². The fourth-order valence-corrected chi connectivity index (χ4v) is 11.9. The van der Waals surface area contributed by atoms with E-state index in [-0.39, 0.29) is 96.2 Å². The van der Waals surface area contributed by atoms with Crippen LogP contribution in [0.3, 0.4) is 0 Å². The van der Waals surface area contributed by atoms with Crippen molar-refractivity contribution >= 4 is 116 Å². The highest BCUT2D eigenvalue weighted by molar-refractivity contribution is 6.01. The van der Waals surface area contributed by atoms with Crippen molar-refractivity contribution < 1.29 is 77.0 Å². The summed E-state index contributed by atoms with van der Waals surface area (Å²) in [4.78, 5) is 215. The van der Waals surface area contributed by atoms with Crippen molar-refractivity contribution in [2.24, 2.45) is 62.9 Å². The average Bonchev–Trinajstić information content (AvgIpc) is 1.64. The number of benzene rings is 2. The smallest absolute Gasteiger partial charge is 0.245 e. The van der Waals surface area contributed by atoms with Gasteiger partial charge in [0.2, 0.25) is 88.6 Å². The van der Waals surface area contributed by atoms with Crippen LogP contribution in [0.15, 0.2) is 65.9 Å². The summed E-state index contributed by atoms with van der Waals surface area (Å²) >= 11 is 0. The number of unbranched alkanes of at least 4 members (excludes halogenated alkanes) is 1. The van der Waals surface area contributed by atoms with Crippen LogP contribution in [-0.2, 0) is 84.8 Å². The summed E-state index contributed by atoms with van der Waals surface area (Å²) < 4.78 is 0. The molecule has 606 valence electrons. The first-order valence-electron chi connectivity index (χ1n) is 36.7. The van der Waals surface area contributed by atoms with Crippen LogP contribution in [0.2, 0.25) is 0 Å². The molecule has 0 aliphatic rings. The van der Waals surface area contributed by atoms with Crippen molar-refractivity contribution in [2.75, 3.05) is 26.2 Å². The zero-order valence-corrected chi connectivity index (χ0v) is 63.5. The van der Waals surface area contributed by atoms with E-state index in [0.29, 0.717) is 28.5 Å². The largest absolute Gasteiger partial charge is 0.391 e. The number of hydrogen-bond donors (Lipinski definition) is 22. The van der Waals surface area contributed by atoms with Crippen molar-refractivity contribution in [3.63, 3.8) is 0 Å². The van der Waals surface area contributed by atoms with Gasteiger partial charge in [-0.3, -0.25) is 76.9 Å². The molecule has 0 aliphatic heterocycles. The van der Waals surface area contributed by atoms with E-state index in [9.17, 15) is 77.0 Å². The second-order valence-electron chi connectivity index (χ2n) is 27.8. The number of nitrogens with one attached hydrogen (secondary N) is 14. The SMILES string of the molecule is CC[C@H](C)[C@H](NC(=O)[C@H](Cc1c[nH]c2ccccc12)NC(=O)[C@H](CCCN)NC(=O)CNC(=O)[C@H](CC(N)=O)NC(=O)[C@@H](NC(=O)[C@H](CCCCN)NC(=O)[C@@H](NC(=O)[C@H](Cc1c[nH]c2ccccc12)NC(=O)[C@H](CCCN=C(N)N)NC(C)=O)C(C)C)C(C)C)C(=O)N[C@H](C(=O)N[C@@H](CCC(N)=O)C(N)=O)[C@@H](C)O. The number of guanidine groups is 1. The number of carbonyl (C=O) groups excluding carboxylic acids is 15. The lowest BCUT2D eigenvalue weighted by atomic mass is 9.96. The van der Waals surface area contributed by atoms with E-state index < -0.39 is 192 Å². The van der Waals surface area contributed by atoms with Crippen molar-refractivity contribution in [3.8, 4) is 0 Å². The molecule has 0 spiro atoms. The standard InChI is InChI=1S/C72H112N22O16/c1-9-38(6)59(70(109)94-60(39(7)95)71(110)86-47(61(77)100)25-26-54(75)97)93-67(106)52(31-42-34-82-46-21-13-11-19-44(42)46)89-64(103)49(23-16-28-74)85-56(99)35-83-62(101)53(32-55(76)98)90-69(108)58(37(4)5)91-65(104)50(22-14-15-27-73)87-68(107)57(36(2)3)92-66(105)51(30-41-33-81-45-20-12-10-18-43(41)45)88-63(102)48(84-40(8)96)24-17-29-80-72(78)79/h10-13,18-21,33-34,36-39,47-53,57-60,81-82,95H,9,14-17,22-32,35,73-74H2,1-8H3,(H2,75,97)(H2,76,98)(H2,77,100)(H,83,101)(H,84,96)(H,85,99)(H,86,110)(H,87,107)(H,88,102)(H,89,103)(H,90,108)(H,91,104)(H,92,105)(H,93,106)(H,94,109)(H4,78,79,80)/t38-,39+,47-,48-,49-,50-,51-,52-,53-,57-,58-,59-,60-/m0/s1. The number of rotatable bonds is 49. The van der Waals surface area contributed by atoms with Gasteiger partial charge in [-0.15, -0.1) is 0 Å².